The van der Waals surface area contributed by atoms with E-state index in [0.717, 1.165) is 42.0 Å². The van der Waals surface area contributed by atoms with E-state index >= 15 is 0 Å². The molecular weight excluding hydrogens is 398 g/mol. The number of amides is 1. The summed E-state index contributed by atoms with van der Waals surface area (Å²) in [5.41, 5.74) is 3.00. The molecule has 1 fully saturated rings. The minimum atomic E-state index is 0.207. The molecule has 2 aromatic carbocycles. The molecular formula is C24H26ClN3O2. The van der Waals surface area contributed by atoms with Crippen LogP contribution in [0.15, 0.2) is 65.2 Å². The average molecular weight is 424 g/mol. The lowest BCUT2D eigenvalue weighted by Crippen LogP contribution is -2.33. The molecule has 5 nitrogen and oxygen atoms in total. The molecule has 3 aromatic rings. The first-order chi connectivity index (χ1) is 14.6. The largest absolute Gasteiger partial charge is 0.356 e. The fourth-order valence-corrected chi connectivity index (χ4v) is 4.21. The zero-order chi connectivity index (χ0) is 20.9. The number of likely N-dealkylation sites (tertiary alicyclic amines) is 1. The van der Waals surface area contributed by atoms with Crippen molar-refractivity contribution in [2.24, 2.45) is 0 Å². The van der Waals surface area contributed by atoms with Crippen LogP contribution in [0.25, 0.3) is 11.3 Å². The lowest BCUT2D eigenvalue weighted by Gasteiger charge is -2.26. The molecule has 4 rings (SSSR count). The number of rotatable bonds is 6. The number of aromatic nitrogens is 1. The number of benzene rings is 2. The second-order valence-corrected chi connectivity index (χ2v) is 8.33. The van der Waals surface area contributed by atoms with Crippen LogP contribution >= 0.6 is 11.6 Å². The van der Waals surface area contributed by atoms with Gasteiger partial charge in [0.15, 0.2) is 5.76 Å². The van der Waals surface area contributed by atoms with Crippen molar-refractivity contribution < 1.29 is 9.32 Å². The van der Waals surface area contributed by atoms with E-state index < -0.39 is 0 Å². The summed E-state index contributed by atoms with van der Waals surface area (Å²) in [7, 11) is 2.10. The quantitative estimate of drug-likeness (QED) is 0.559. The molecule has 1 saturated heterocycles. The van der Waals surface area contributed by atoms with Gasteiger partial charge in [-0.15, -0.1) is 0 Å². The van der Waals surface area contributed by atoms with Crippen molar-refractivity contribution in [3.05, 3.63) is 76.9 Å². The molecule has 6 heteroatoms. The van der Waals surface area contributed by atoms with Crippen LogP contribution in [0.1, 0.15) is 30.5 Å². The Labute approximate surface area is 182 Å². The summed E-state index contributed by atoms with van der Waals surface area (Å²) < 4.78 is 5.52. The van der Waals surface area contributed by atoms with Gasteiger partial charge in [-0.25, -0.2) is 0 Å². The predicted molar refractivity (Wildman–Crippen MR) is 118 cm³/mol. The van der Waals surface area contributed by atoms with Gasteiger partial charge in [-0.3, -0.25) is 9.69 Å². The fourth-order valence-electron chi connectivity index (χ4n) is 4.00. The summed E-state index contributed by atoms with van der Waals surface area (Å²) in [6.07, 6.45) is 2.35. The summed E-state index contributed by atoms with van der Waals surface area (Å²) >= 11 is 6.09. The molecule has 0 N–H and O–H groups in total. The first-order valence-corrected chi connectivity index (χ1v) is 10.7. The Bertz CT molecular complexity index is 989. The number of carbonyl (C=O) groups is 1. The first kappa shape index (κ1) is 20.6. The zero-order valence-corrected chi connectivity index (χ0v) is 17.9. The molecule has 1 aliphatic rings. The van der Waals surface area contributed by atoms with Crippen molar-refractivity contribution >= 4 is 17.5 Å². The Kier molecular flexibility index (Phi) is 6.50. The Hall–Kier alpha value is -2.63. The zero-order valence-electron chi connectivity index (χ0n) is 17.1. The molecule has 0 spiro atoms. The molecule has 1 amide bonds. The van der Waals surface area contributed by atoms with Crippen LogP contribution in [0.5, 0.6) is 0 Å². The molecule has 1 aromatic heterocycles. The van der Waals surface area contributed by atoms with Gasteiger partial charge in [0.25, 0.3) is 0 Å². The monoisotopic (exact) mass is 423 g/mol. The third kappa shape index (κ3) is 5.10. The van der Waals surface area contributed by atoms with Crippen molar-refractivity contribution in [1.82, 2.24) is 15.0 Å². The van der Waals surface area contributed by atoms with Crippen LogP contribution in [0.2, 0.25) is 5.02 Å². The Morgan fingerprint density at radius 3 is 2.77 bits per heavy atom. The predicted octanol–water partition coefficient (Wildman–Crippen LogP) is 5.01. The molecule has 0 bridgehead atoms. The molecule has 0 saturated carbocycles. The first-order valence-electron chi connectivity index (χ1n) is 10.3. The van der Waals surface area contributed by atoms with E-state index in [4.69, 9.17) is 16.1 Å². The number of nitrogens with zero attached hydrogens (tertiary/aromatic N) is 3. The maximum Gasteiger partial charge on any atom is 0.222 e. The van der Waals surface area contributed by atoms with Crippen molar-refractivity contribution in [3.63, 3.8) is 0 Å². The highest BCUT2D eigenvalue weighted by Gasteiger charge is 2.25. The molecule has 0 radical (unpaired) electrons. The van der Waals surface area contributed by atoms with Gasteiger partial charge in [0, 0.05) is 48.7 Å². The maximum absolute atomic E-state index is 12.6. The van der Waals surface area contributed by atoms with Crippen LogP contribution in [-0.4, -0.2) is 40.5 Å². The number of carbonyl (C=O) groups excluding carboxylic acids is 1. The van der Waals surface area contributed by atoms with Gasteiger partial charge in [0.1, 0.15) is 0 Å². The Morgan fingerprint density at radius 2 is 1.97 bits per heavy atom. The van der Waals surface area contributed by atoms with Gasteiger partial charge in [-0.1, -0.05) is 59.2 Å². The standard InChI is InChI=1S/C24H26ClN3O2/c1-27(17-21-15-23(30-26-21)19-7-3-2-4-8-19)22-10-11-24(29)28(13-12-22)16-18-6-5-9-20(25)14-18/h2-9,14-15,22H,10-13,16-17H2,1H3. The smallest absolute Gasteiger partial charge is 0.222 e. The highest BCUT2D eigenvalue weighted by Crippen LogP contribution is 2.23. The van der Waals surface area contributed by atoms with Crippen LogP contribution in [0.3, 0.4) is 0 Å². The van der Waals surface area contributed by atoms with E-state index in [-0.39, 0.29) is 5.91 Å². The van der Waals surface area contributed by atoms with Crippen molar-refractivity contribution in [3.8, 4) is 11.3 Å². The normalized spacial score (nSPS) is 17.4. The van der Waals surface area contributed by atoms with Crippen molar-refractivity contribution in [2.45, 2.75) is 38.4 Å². The van der Waals surface area contributed by atoms with Crippen LogP contribution < -0.4 is 0 Å². The van der Waals surface area contributed by atoms with Crippen LogP contribution in [-0.2, 0) is 17.9 Å². The highest BCUT2D eigenvalue weighted by molar-refractivity contribution is 6.30. The van der Waals surface area contributed by atoms with Crippen LogP contribution in [0, 0.1) is 0 Å². The Balaban J connectivity index is 1.36. The topological polar surface area (TPSA) is 49.6 Å². The molecule has 2 heterocycles. The molecule has 30 heavy (non-hydrogen) atoms. The third-order valence-electron chi connectivity index (χ3n) is 5.69. The van der Waals surface area contributed by atoms with E-state index in [9.17, 15) is 4.79 Å². The van der Waals surface area contributed by atoms with Gasteiger partial charge < -0.3 is 9.42 Å². The van der Waals surface area contributed by atoms with Crippen LogP contribution in [0.4, 0.5) is 0 Å². The highest BCUT2D eigenvalue weighted by atomic mass is 35.5. The van der Waals surface area contributed by atoms with E-state index in [2.05, 4.69) is 17.1 Å². The van der Waals surface area contributed by atoms with Gasteiger partial charge in [-0.2, -0.15) is 0 Å². The summed E-state index contributed by atoms with van der Waals surface area (Å²) in [4.78, 5) is 16.9. The average Bonchev–Trinajstić information content (AvgIpc) is 3.13. The van der Waals surface area contributed by atoms with E-state index in [1.165, 1.54) is 0 Å². The summed E-state index contributed by atoms with van der Waals surface area (Å²) in [5.74, 6) is 0.987. The van der Waals surface area contributed by atoms with Gasteiger partial charge >= 0.3 is 0 Å². The second kappa shape index (κ2) is 9.45. The summed E-state index contributed by atoms with van der Waals surface area (Å²) in [6, 6.07) is 20.0. The van der Waals surface area contributed by atoms with Gasteiger partial charge in [-0.05, 0) is 37.6 Å². The molecule has 156 valence electrons. The molecule has 0 aliphatic carbocycles. The van der Waals surface area contributed by atoms with E-state index in [1.807, 2.05) is 65.6 Å². The third-order valence-corrected chi connectivity index (χ3v) is 5.93. The number of halogens is 1. The fraction of sp³-hybridized carbons (Fsp3) is 0.333. The van der Waals surface area contributed by atoms with Gasteiger partial charge in [0.2, 0.25) is 5.91 Å². The lowest BCUT2D eigenvalue weighted by atomic mass is 10.1. The van der Waals surface area contributed by atoms with Crippen molar-refractivity contribution in [1.29, 1.82) is 0 Å². The molecule has 1 unspecified atom stereocenters. The van der Waals surface area contributed by atoms with E-state index in [0.29, 0.717) is 30.6 Å². The minimum absolute atomic E-state index is 0.207. The summed E-state index contributed by atoms with van der Waals surface area (Å²) in [6.45, 7) is 2.05. The minimum Gasteiger partial charge on any atom is -0.356 e. The maximum atomic E-state index is 12.6. The van der Waals surface area contributed by atoms with Gasteiger partial charge in [0.05, 0.1) is 5.69 Å². The Morgan fingerprint density at radius 1 is 1.13 bits per heavy atom. The lowest BCUT2D eigenvalue weighted by molar-refractivity contribution is -0.131. The second-order valence-electron chi connectivity index (χ2n) is 7.89. The number of hydrogen-bond donors (Lipinski definition) is 0. The van der Waals surface area contributed by atoms with E-state index in [1.54, 1.807) is 0 Å². The molecule has 1 atom stereocenters. The SMILES string of the molecule is CN(Cc1cc(-c2ccccc2)on1)C1CCC(=O)N(Cc2cccc(Cl)c2)CC1. The number of hydrogen-bond acceptors (Lipinski definition) is 4. The van der Waals surface area contributed by atoms with Crippen molar-refractivity contribution in [2.75, 3.05) is 13.6 Å². The molecule has 1 aliphatic heterocycles. The summed E-state index contributed by atoms with van der Waals surface area (Å²) in [5, 5.41) is 4.94.